The van der Waals surface area contributed by atoms with Crippen LogP contribution >= 0.6 is 0 Å². The molecule has 1 heterocycles. The van der Waals surface area contributed by atoms with Gasteiger partial charge in [-0.15, -0.1) is 10.2 Å². The van der Waals surface area contributed by atoms with Crippen LogP contribution in [0.15, 0.2) is 36.9 Å². The molecule has 158 valence electrons. The summed E-state index contributed by atoms with van der Waals surface area (Å²) in [6, 6.07) is 7.88. The Morgan fingerprint density at radius 2 is 2.10 bits per heavy atom. The molecule has 2 atom stereocenters. The highest BCUT2D eigenvalue weighted by Crippen LogP contribution is 2.26. The smallest absolute Gasteiger partial charge is 0.273 e. The molecule has 1 unspecified atom stereocenters. The highest BCUT2D eigenvalue weighted by Gasteiger charge is 2.28. The van der Waals surface area contributed by atoms with Crippen LogP contribution in [-0.2, 0) is 4.79 Å². The third-order valence-corrected chi connectivity index (χ3v) is 5.23. The fourth-order valence-electron chi connectivity index (χ4n) is 3.65. The summed E-state index contributed by atoms with van der Waals surface area (Å²) in [5.41, 5.74) is 7.28. The van der Waals surface area contributed by atoms with E-state index in [1.807, 2.05) is 43.1 Å². The van der Waals surface area contributed by atoms with Gasteiger partial charge in [0.15, 0.2) is 11.5 Å². The molecule has 2 aromatic rings. The molecular weight excluding hydrogens is 382 g/mol. The van der Waals surface area contributed by atoms with E-state index in [4.69, 9.17) is 5.73 Å². The molecule has 0 aliphatic heterocycles. The van der Waals surface area contributed by atoms with E-state index in [0.717, 1.165) is 36.9 Å². The molecule has 0 bridgehead atoms. The number of carbonyl (C=O) groups excluding carboxylic acids is 2. The lowest BCUT2D eigenvalue weighted by molar-refractivity contribution is -0.117. The maximum Gasteiger partial charge on any atom is 0.273 e. The van der Waals surface area contributed by atoms with Crippen molar-refractivity contribution in [3.63, 3.8) is 0 Å². The number of nitrogens with two attached hydrogens (primary N) is 1. The minimum absolute atomic E-state index is 0.0200. The third-order valence-electron chi connectivity index (χ3n) is 5.23. The number of hydrogen-bond donors (Lipinski definition) is 3. The number of carbonyl (C=O) groups is 2. The minimum Gasteiger partial charge on any atom is -0.364 e. The van der Waals surface area contributed by atoms with E-state index in [2.05, 4.69) is 32.4 Å². The van der Waals surface area contributed by atoms with Crippen molar-refractivity contribution in [2.45, 2.75) is 44.7 Å². The molecule has 30 heavy (non-hydrogen) atoms. The van der Waals surface area contributed by atoms with Crippen molar-refractivity contribution in [2.75, 3.05) is 17.3 Å². The summed E-state index contributed by atoms with van der Waals surface area (Å²) >= 11 is 0. The van der Waals surface area contributed by atoms with Crippen molar-refractivity contribution in [3.05, 3.63) is 48.2 Å². The van der Waals surface area contributed by atoms with Crippen molar-refractivity contribution in [2.24, 2.45) is 5.73 Å². The number of nitrogens with one attached hydrogen (secondary N) is 2. The first-order valence-corrected chi connectivity index (χ1v) is 9.91. The molecule has 0 radical (unpaired) electrons. The standard InChI is InChI=1S/C21H27N7O2/c1-4-17(29)23-15-9-6-10-16(12-15)28(3)21-25-20(18(19(22)30)26-27-21)24-14-8-5-7-13(2)11-14/h4-5,7-8,11,15-16H,1,6,9-10,12H2,2-3H3,(H2,22,30)(H,23,29)(H,24,25,27)/t15?,16-/m1/s1. The van der Waals surface area contributed by atoms with E-state index in [0.29, 0.717) is 5.95 Å². The Hall–Kier alpha value is -3.49. The van der Waals surface area contributed by atoms with Gasteiger partial charge in [0.1, 0.15) is 0 Å². The van der Waals surface area contributed by atoms with Crippen LogP contribution < -0.4 is 21.3 Å². The average Bonchev–Trinajstić information content (AvgIpc) is 2.73. The van der Waals surface area contributed by atoms with E-state index in [9.17, 15) is 9.59 Å². The number of benzene rings is 1. The first-order valence-electron chi connectivity index (χ1n) is 9.91. The van der Waals surface area contributed by atoms with Crippen molar-refractivity contribution in [1.29, 1.82) is 0 Å². The molecule has 1 saturated carbocycles. The van der Waals surface area contributed by atoms with Crippen molar-refractivity contribution in [3.8, 4) is 0 Å². The van der Waals surface area contributed by atoms with Gasteiger partial charge in [0, 0.05) is 24.8 Å². The minimum atomic E-state index is -0.704. The van der Waals surface area contributed by atoms with Gasteiger partial charge >= 0.3 is 0 Å². The molecule has 4 N–H and O–H groups in total. The summed E-state index contributed by atoms with van der Waals surface area (Å²) in [4.78, 5) is 29.9. The van der Waals surface area contributed by atoms with E-state index < -0.39 is 5.91 Å². The molecule has 3 rings (SSSR count). The van der Waals surface area contributed by atoms with Crippen LogP contribution in [0.4, 0.5) is 17.5 Å². The van der Waals surface area contributed by atoms with Crippen LogP contribution in [0.3, 0.4) is 0 Å². The molecular formula is C21H27N7O2. The zero-order valence-corrected chi connectivity index (χ0v) is 17.3. The summed E-state index contributed by atoms with van der Waals surface area (Å²) in [6.07, 6.45) is 4.88. The first kappa shape index (κ1) is 21.2. The number of aromatic nitrogens is 3. The summed E-state index contributed by atoms with van der Waals surface area (Å²) < 4.78 is 0. The van der Waals surface area contributed by atoms with Crippen molar-refractivity contribution < 1.29 is 9.59 Å². The van der Waals surface area contributed by atoms with Crippen LogP contribution in [0, 0.1) is 6.92 Å². The zero-order valence-electron chi connectivity index (χ0n) is 17.3. The Kier molecular flexibility index (Phi) is 6.61. The van der Waals surface area contributed by atoms with Gasteiger partial charge in [0.25, 0.3) is 5.91 Å². The van der Waals surface area contributed by atoms with Gasteiger partial charge in [-0.2, -0.15) is 4.98 Å². The van der Waals surface area contributed by atoms with E-state index in [1.165, 1.54) is 6.08 Å². The normalized spacial score (nSPS) is 18.3. The largest absolute Gasteiger partial charge is 0.364 e. The maximum atomic E-state index is 11.8. The van der Waals surface area contributed by atoms with Crippen LogP contribution in [0.2, 0.25) is 0 Å². The maximum absolute atomic E-state index is 11.8. The Morgan fingerprint density at radius 1 is 1.30 bits per heavy atom. The van der Waals surface area contributed by atoms with E-state index in [-0.39, 0.29) is 29.5 Å². The van der Waals surface area contributed by atoms with Crippen molar-refractivity contribution in [1.82, 2.24) is 20.5 Å². The van der Waals surface area contributed by atoms with Crippen molar-refractivity contribution >= 4 is 29.3 Å². The SMILES string of the molecule is C=CC(=O)NC1CCC[C@@H](N(C)c2nnc(C(N)=O)c(Nc3cccc(C)c3)n2)C1. The quantitative estimate of drug-likeness (QED) is 0.598. The molecule has 0 saturated heterocycles. The van der Waals surface area contributed by atoms with Gasteiger partial charge < -0.3 is 21.3 Å². The lowest BCUT2D eigenvalue weighted by Gasteiger charge is -2.35. The summed E-state index contributed by atoms with van der Waals surface area (Å²) in [6.45, 7) is 5.48. The molecule has 2 amide bonds. The molecule has 9 nitrogen and oxygen atoms in total. The summed E-state index contributed by atoms with van der Waals surface area (Å²) in [7, 11) is 1.89. The van der Waals surface area contributed by atoms with E-state index in [1.54, 1.807) is 0 Å². The molecule has 0 spiro atoms. The predicted molar refractivity (Wildman–Crippen MR) is 116 cm³/mol. The zero-order chi connectivity index (χ0) is 21.7. The second-order valence-corrected chi connectivity index (χ2v) is 7.51. The second kappa shape index (κ2) is 9.34. The number of rotatable bonds is 7. The lowest BCUT2D eigenvalue weighted by Crippen LogP contribution is -2.45. The van der Waals surface area contributed by atoms with Crippen LogP contribution in [0.25, 0.3) is 0 Å². The topological polar surface area (TPSA) is 126 Å². The molecule has 1 fully saturated rings. The van der Waals surface area contributed by atoms with Gasteiger partial charge in [-0.1, -0.05) is 18.7 Å². The van der Waals surface area contributed by atoms with Crippen LogP contribution in [0.5, 0.6) is 0 Å². The Balaban J connectivity index is 1.82. The number of nitrogens with zero attached hydrogens (tertiary/aromatic N) is 4. The van der Waals surface area contributed by atoms with Gasteiger partial charge in [-0.3, -0.25) is 9.59 Å². The number of primary amides is 1. The van der Waals surface area contributed by atoms with Crippen LogP contribution in [0.1, 0.15) is 41.7 Å². The van der Waals surface area contributed by atoms with Crippen LogP contribution in [-0.4, -0.2) is 46.1 Å². The molecule has 1 aliphatic rings. The van der Waals surface area contributed by atoms with Gasteiger partial charge in [0.2, 0.25) is 11.9 Å². The highest BCUT2D eigenvalue weighted by atomic mass is 16.2. The molecule has 9 heteroatoms. The highest BCUT2D eigenvalue weighted by molar-refractivity contribution is 5.96. The van der Waals surface area contributed by atoms with E-state index >= 15 is 0 Å². The molecule has 1 aromatic heterocycles. The lowest BCUT2D eigenvalue weighted by atomic mass is 9.90. The number of anilines is 3. The summed E-state index contributed by atoms with van der Waals surface area (Å²) in [5.74, 6) is -0.228. The fraction of sp³-hybridized carbons (Fsp3) is 0.381. The second-order valence-electron chi connectivity index (χ2n) is 7.51. The van der Waals surface area contributed by atoms with Gasteiger partial charge in [-0.05, 0) is 56.4 Å². The Labute approximate surface area is 175 Å². The summed E-state index contributed by atoms with van der Waals surface area (Å²) in [5, 5.41) is 14.2. The molecule has 1 aromatic carbocycles. The molecule has 1 aliphatic carbocycles. The Morgan fingerprint density at radius 3 is 2.80 bits per heavy atom. The number of hydrogen-bond acceptors (Lipinski definition) is 7. The first-order chi connectivity index (χ1) is 14.4. The number of aryl methyl sites for hydroxylation is 1. The fourth-order valence-corrected chi connectivity index (χ4v) is 3.65. The third kappa shape index (κ3) is 5.11. The number of amides is 2. The monoisotopic (exact) mass is 409 g/mol. The average molecular weight is 409 g/mol. The predicted octanol–water partition coefficient (Wildman–Crippen LogP) is 2.07. The van der Waals surface area contributed by atoms with Gasteiger partial charge in [0.05, 0.1) is 0 Å². The van der Waals surface area contributed by atoms with Gasteiger partial charge in [-0.25, -0.2) is 0 Å². The Bertz CT molecular complexity index is 947.